The van der Waals surface area contributed by atoms with E-state index in [0.29, 0.717) is 42.8 Å². The fourth-order valence-corrected chi connectivity index (χ4v) is 8.26. The molecule has 3 fully saturated rings. The molecule has 0 amide bonds. The van der Waals surface area contributed by atoms with Crippen molar-refractivity contribution in [3.05, 3.63) is 11.6 Å². The number of rotatable bonds is 6. The highest BCUT2D eigenvalue weighted by molar-refractivity contribution is 7.99. The highest BCUT2D eigenvalue weighted by Gasteiger charge is 2.62. The first kappa shape index (κ1) is 22.1. The number of aliphatic carboxylic acids is 1. The molecule has 0 heterocycles. The molecule has 0 aromatic carbocycles. The molecule has 6 heteroatoms. The van der Waals surface area contributed by atoms with E-state index >= 15 is 0 Å². The van der Waals surface area contributed by atoms with Crippen LogP contribution in [0.4, 0.5) is 0 Å². The predicted octanol–water partition coefficient (Wildman–Crippen LogP) is 4.03. The lowest BCUT2D eigenvalue weighted by Crippen LogP contribution is -2.49. The standard InChI is InChI=1S/C24H34O5S/c1-22-8-6-18-17(4-3-15-11-16(25)5-9-23(15,18)2)19(22)12-24(29,14-22)20(26)13-30-10-7-21(27)28/h11,17-19,29H,3-10,12-14H2,1-2H3,(H,27,28)/t17-,18-,19-,22-,23+,24-/m1/s1. The summed E-state index contributed by atoms with van der Waals surface area (Å²) in [5, 5.41) is 20.1. The lowest BCUT2D eigenvalue weighted by Gasteiger charge is -2.57. The Balaban J connectivity index is 1.49. The zero-order valence-corrected chi connectivity index (χ0v) is 18.9. The van der Waals surface area contributed by atoms with Crippen LogP contribution in [-0.2, 0) is 14.4 Å². The number of carboxylic acid groups (broad SMARTS) is 1. The van der Waals surface area contributed by atoms with E-state index in [9.17, 15) is 19.5 Å². The molecule has 2 N–H and O–H groups in total. The molecule has 6 atom stereocenters. The van der Waals surface area contributed by atoms with Crippen molar-refractivity contribution < 1.29 is 24.6 Å². The minimum Gasteiger partial charge on any atom is -0.481 e. The van der Waals surface area contributed by atoms with E-state index in [1.165, 1.54) is 17.3 Å². The molecule has 0 spiro atoms. The molecule has 4 rings (SSSR count). The van der Waals surface area contributed by atoms with Gasteiger partial charge >= 0.3 is 5.97 Å². The molecule has 0 saturated heterocycles. The van der Waals surface area contributed by atoms with Gasteiger partial charge in [-0.05, 0) is 79.6 Å². The van der Waals surface area contributed by atoms with Gasteiger partial charge in [0.05, 0.1) is 12.2 Å². The van der Waals surface area contributed by atoms with Gasteiger partial charge in [0.15, 0.2) is 11.6 Å². The molecule has 166 valence electrons. The molecule has 4 aliphatic rings. The van der Waals surface area contributed by atoms with Crippen LogP contribution in [0.25, 0.3) is 0 Å². The van der Waals surface area contributed by atoms with Crippen molar-refractivity contribution in [1.82, 2.24) is 0 Å². The second-order valence-corrected chi connectivity index (χ2v) is 11.8. The first-order chi connectivity index (χ1) is 14.1. The Kier molecular flexibility index (Phi) is 5.72. The van der Waals surface area contributed by atoms with Gasteiger partial charge in [-0.25, -0.2) is 0 Å². The zero-order valence-electron chi connectivity index (χ0n) is 18.1. The third kappa shape index (κ3) is 3.68. The molecule has 3 saturated carbocycles. The fourth-order valence-electron chi connectivity index (χ4n) is 7.35. The van der Waals surface area contributed by atoms with Gasteiger partial charge in [0.1, 0.15) is 5.60 Å². The maximum absolute atomic E-state index is 12.9. The number of hydrogen-bond acceptors (Lipinski definition) is 5. The topological polar surface area (TPSA) is 91.7 Å². The SMILES string of the molecule is C[C@]12CC[C@@H]3[C@@H](CCC4=CC(=O)CC[C@@]43C)[C@H]1C[C@](O)(C(=O)CSCCC(=O)O)C2. The first-order valence-electron chi connectivity index (χ1n) is 11.4. The number of Topliss-reactive ketones (excluding diaryl/α,β-unsaturated/α-hetero) is 1. The summed E-state index contributed by atoms with van der Waals surface area (Å²) < 4.78 is 0. The molecule has 0 aromatic rings. The molecule has 4 aliphatic carbocycles. The van der Waals surface area contributed by atoms with Crippen molar-refractivity contribution in [3.8, 4) is 0 Å². The van der Waals surface area contributed by atoms with Gasteiger partial charge in [0, 0.05) is 12.2 Å². The zero-order chi connectivity index (χ0) is 21.7. The second kappa shape index (κ2) is 7.77. The second-order valence-electron chi connectivity index (χ2n) is 10.7. The predicted molar refractivity (Wildman–Crippen MR) is 116 cm³/mol. The van der Waals surface area contributed by atoms with E-state index in [4.69, 9.17) is 5.11 Å². The summed E-state index contributed by atoms with van der Waals surface area (Å²) in [5.41, 5.74) is 0.140. The van der Waals surface area contributed by atoms with Gasteiger partial charge < -0.3 is 10.2 Å². The number of hydrogen-bond donors (Lipinski definition) is 2. The summed E-state index contributed by atoms with van der Waals surface area (Å²) in [5.74, 6) is 1.24. The molecule has 0 unspecified atom stereocenters. The highest BCUT2D eigenvalue weighted by Crippen LogP contribution is 2.66. The summed E-state index contributed by atoms with van der Waals surface area (Å²) in [7, 11) is 0. The molecular weight excluding hydrogens is 400 g/mol. The van der Waals surface area contributed by atoms with E-state index in [2.05, 4.69) is 13.8 Å². The number of allylic oxidation sites excluding steroid dienone is 1. The van der Waals surface area contributed by atoms with Crippen molar-refractivity contribution >= 4 is 29.3 Å². The number of carboxylic acids is 1. The minimum absolute atomic E-state index is 0.0145. The van der Waals surface area contributed by atoms with Crippen LogP contribution in [-0.4, -0.2) is 44.9 Å². The minimum atomic E-state index is -1.27. The summed E-state index contributed by atoms with van der Waals surface area (Å²) in [4.78, 5) is 35.6. The third-order valence-electron chi connectivity index (χ3n) is 8.95. The molecule has 30 heavy (non-hydrogen) atoms. The number of thioether (sulfide) groups is 1. The van der Waals surface area contributed by atoms with Crippen LogP contribution in [0.15, 0.2) is 11.6 Å². The van der Waals surface area contributed by atoms with Gasteiger partial charge in [-0.3, -0.25) is 14.4 Å². The van der Waals surface area contributed by atoms with Crippen LogP contribution in [0.2, 0.25) is 0 Å². The summed E-state index contributed by atoms with van der Waals surface area (Å²) in [6.07, 6.45) is 8.75. The van der Waals surface area contributed by atoms with Crippen LogP contribution in [0, 0.1) is 28.6 Å². The average Bonchev–Trinajstić information content (AvgIpc) is 2.97. The van der Waals surface area contributed by atoms with E-state index in [-0.39, 0.29) is 34.6 Å². The Labute approximate surface area is 183 Å². The molecular formula is C24H34O5S. The van der Waals surface area contributed by atoms with Gasteiger partial charge in [-0.15, -0.1) is 0 Å². The number of carbonyl (C=O) groups excluding carboxylic acids is 2. The Bertz CT molecular complexity index is 790. The Morgan fingerprint density at radius 3 is 2.67 bits per heavy atom. The normalized spacial score (nSPS) is 42.7. The first-order valence-corrected chi connectivity index (χ1v) is 12.5. The molecule has 0 bridgehead atoms. The lowest BCUT2D eigenvalue weighted by molar-refractivity contribution is -0.136. The van der Waals surface area contributed by atoms with E-state index in [0.717, 1.165) is 32.1 Å². The molecule has 5 nitrogen and oxygen atoms in total. The quantitative estimate of drug-likeness (QED) is 0.614. The van der Waals surface area contributed by atoms with Gasteiger partial charge in [0.2, 0.25) is 0 Å². The number of aliphatic hydroxyl groups is 1. The Morgan fingerprint density at radius 1 is 1.17 bits per heavy atom. The monoisotopic (exact) mass is 434 g/mol. The Hall–Kier alpha value is -1.14. The highest BCUT2D eigenvalue weighted by atomic mass is 32.2. The van der Waals surface area contributed by atoms with Crippen LogP contribution in [0.1, 0.15) is 71.6 Å². The maximum Gasteiger partial charge on any atom is 0.304 e. The lowest BCUT2D eigenvalue weighted by atomic mass is 9.47. The fraction of sp³-hybridized carbons (Fsp3) is 0.792. The molecule has 0 radical (unpaired) electrons. The van der Waals surface area contributed by atoms with E-state index in [1.54, 1.807) is 0 Å². The maximum atomic E-state index is 12.9. The van der Waals surface area contributed by atoms with E-state index in [1.807, 2.05) is 6.08 Å². The van der Waals surface area contributed by atoms with Gasteiger partial charge in [0.25, 0.3) is 0 Å². The average molecular weight is 435 g/mol. The van der Waals surface area contributed by atoms with Crippen LogP contribution < -0.4 is 0 Å². The molecule has 0 aromatic heterocycles. The summed E-state index contributed by atoms with van der Waals surface area (Å²) >= 11 is 1.31. The largest absolute Gasteiger partial charge is 0.481 e. The Morgan fingerprint density at radius 2 is 1.93 bits per heavy atom. The number of carbonyl (C=O) groups is 3. The van der Waals surface area contributed by atoms with Crippen molar-refractivity contribution in [3.63, 3.8) is 0 Å². The number of fused-ring (bicyclic) bond motifs is 5. The van der Waals surface area contributed by atoms with Crippen molar-refractivity contribution in [2.24, 2.45) is 28.6 Å². The van der Waals surface area contributed by atoms with Crippen LogP contribution >= 0.6 is 11.8 Å². The van der Waals surface area contributed by atoms with Gasteiger partial charge in [-0.1, -0.05) is 19.4 Å². The summed E-state index contributed by atoms with van der Waals surface area (Å²) in [6.45, 7) is 4.60. The van der Waals surface area contributed by atoms with Gasteiger partial charge in [-0.2, -0.15) is 11.8 Å². The molecule has 0 aliphatic heterocycles. The third-order valence-corrected chi connectivity index (χ3v) is 9.91. The van der Waals surface area contributed by atoms with Crippen LogP contribution in [0.3, 0.4) is 0 Å². The van der Waals surface area contributed by atoms with Crippen molar-refractivity contribution in [1.29, 1.82) is 0 Å². The van der Waals surface area contributed by atoms with Crippen molar-refractivity contribution in [2.45, 2.75) is 77.2 Å². The number of ketones is 2. The van der Waals surface area contributed by atoms with Crippen LogP contribution in [0.5, 0.6) is 0 Å². The van der Waals surface area contributed by atoms with E-state index < -0.39 is 11.6 Å². The summed E-state index contributed by atoms with van der Waals surface area (Å²) in [6, 6.07) is 0. The van der Waals surface area contributed by atoms with Crippen molar-refractivity contribution in [2.75, 3.05) is 11.5 Å². The smallest absolute Gasteiger partial charge is 0.304 e.